The van der Waals surface area contributed by atoms with Crippen LogP contribution in [0.15, 0.2) is 0 Å². The predicted octanol–water partition coefficient (Wildman–Crippen LogP) is 2.74. The van der Waals surface area contributed by atoms with E-state index in [1.165, 1.54) is 13.0 Å². The number of hydrogen-bond acceptors (Lipinski definition) is 2. The minimum Gasteiger partial charge on any atom is -0.312 e. The van der Waals surface area contributed by atoms with Gasteiger partial charge in [0.2, 0.25) is 0 Å². The van der Waals surface area contributed by atoms with Gasteiger partial charge in [0.05, 0.1) is 0 Å². The zero-order valence-electron chi connectivity index (χ0n) is 11.7. The minimum atomic E-state index is 0.233. The Bertz CT molecular complexity index is 160. The molecular weight excluding hydrogens is 184 g/mol. The van der Waals surface area contributed by atoms with Gasteiger partial charge in [0.15, 0.2) is 0 Å². The average molecular weight is 214 g/mol. The van der Waals surface area contributed by atoms with Crippen LogP contribution in [-0.4, -0.2) is 36.6 Å². The molecule has 2 nitrogen and oxygen atoms in total. The fourth-order valence-corrected chi connectivity index (χ4v) is 1.63. The van der Waals surface area contributed by atoms with Crippen molar-refractivity contribution in [1.29, 1.82) is 0 Å². The van der Waals surface area contributed by atoms with Gasteiger partial charge in [-0.15, -0.1) is 0 Å². The van der Waals surface area contributed by atoms with E-state index >= 15 is 0 Å². The Morgan fingerprint density at radius 3 is 2.13 bits per heavy atom. The molecule has 2 heteroatoms. The minimum absolute atomic E-state index is 0.233. The molecule has 0 saturated heterocycles. The van der Waals surface area contributed by atoms with Gasteiger partial charge < -0.3 is 10.2 Å². The second-order valence-electron chi connectivity index (χ2n) is 5.83. The van der Waals surface area contributed by atoms with Crippen LogP contribution in [0, 0.1) is 5.92 Å². The zero-order chi connectivity index (χ0) is 12.1. The largest absolute Gasteiger partial charge is 0.312 e. The fraction of sp³-hybridized carbons (Fsp3) is 1.00. The van der Waals surface area contributed by atoms with Gasteiger partial charge in [-0.05, 0) is 60.2 Å². The van der Waals surface area contributed by atoms with Crippen molar-refractivity contribution in [2.75, 3.05) is 20.1 Å². The highest BCUT2D eigenvalue weighted by Gasteiger charge is 2.18. The first-order valence-electron chi connectivity index (χ1n) is 6.23. The van der Waals surface area contributed by atoms with E-state index in [0.29, 0.717) is 12.0 Å². The molecule has 0 radical (unpaired) electrons. The lowest BCUT2D eigenvalue weighted by Gasteiger charge is -2.32. The lowest BCUT2D eigenvalue weighted by atomic mass is 10.00. The molecule has 0 aliphatic carbocycles. The van der Waals surface area contributed by atoms with Crippen LogP contribution in [0.2, 0.25) is 0 Å². The van der Waals surface area contributed by atoms with Crippen molar-refractivity contribution in [3.63, 3.8) is 0 Å². The van der Waals surface area contributed by atoms with Crippen molar-refractivity contribution in [3.05, 3.63) is 0 Å². The Morgan fingerprint density at radius 2 is 1.73 bits per heavy atom. The van der Waals surface area contributed by atoms with Crippen LogP contribution in [0.4, 0.5) is 0 Å². The van der Waals surface area contributed by atoms with Crippen molar-refractivity contribution < 1.29 is 0 Å². The molecule has 0 heterocycles. The summed E-state index contributed by atoms with van der Waals surface area (Å²) in [6.07, 6.45) is 1.24. The van der Waals surface area contributed by atoms with Crippen LogP contribution in [-0.2, 0) is 0 Å². The molecule has 0 rings (SSSR count). The average Bonchev–Trinajstić information content (AvgIpc) is 2.12. The molecular formula is C13H30N2. The molecule has 92 valence electrons. The monoisotopic (exact) mass is 214 g/mol. The quantitative estimate of drug-likeness (QED) is 0.731. The standard InChI is InChI=1S/C13H30N2/c1-8-9-15(7)12(3)11(2)10-14-13(4,5)6/h11-12,14H,8-10H2,1-7H3. The van der Waals surface area contributed by atoms with Crippen molar-refractivity contribution in [2.24, 2.45) is 5.92 Å². The smallest absolute Gasteiger partial charge is 0.0102 e. The van der Waals surface area contributed by atoms with E-state index in [2.05, 4.69) is 58.8 Å². The summed E-state index contributed by atoms with van der Waals surface area (Å²) in [5, 5.41) is 3.57. The summed E-state index contributed by atoms with van der Waals surface area (Å²) >= 11 is 0. The normalized spacial score (nSPS) is 16.8. The Kier molecular flexibility index (Phi) is 6.46. The topological polar surface area (TPSA) is 15.3 Å². The first-order chi connectivity index (χ1) is 6.78. The molecule has 0 aromatic rings. The Hall–Kier alpha value is -0.0800. The van der Waals surface area contributed by atoms with Crippen molar-refractivity contribution >= 4 is 0 Å². The van der Waals surface area contributed by atoms with Crippen molar-refractivity contribution in [1.82, 2.24) is 10.2 Å². The third-order valence-corrected chi connectivity index (χ3v) is 3.05. The van der Waals surface area contributed by atoms with Crippen LogP contribution in [0.1, 0.15) is 48.0 Å². The van der Waals surface area contributed by atoms with Gasteiger partial charge in [-0.3, -0.25) is 0 Å². The maximum Gasteiger partial charge on any atom is 0.0102 e. The summed E-state index contributed by atoms with van der Waals surface area (Å²) in [4.78, 5) is 2.45. The van der Waals surface area contributed by atoms with Gasteiger partial charge in [0.25, 0.3) is 0 Å². The highest BCUT2D eigenvalue weighted by molar-refractivity contribution is 4.77. The molecule has 0 spiro atoms. The lowest BCUT2D eigenvalue weighted by molar-refractivity contribution is 0.189. The van der Waals surface area contributed by atoms with E-state index in [1.807, 2.05) is 0 Å². The van der Waals surface area contributed by atoms with E-state index in [-0.39, 0.29) is 5.54 Å². The summed E-state index contributed by atoms with van der Waals surface area (Å²) in [5.74, 6) is 0.695. The molecule has 0 fully saturated rings. The molecule has 0 aliphatic rings. The molecule has 0 bridgehead atoms. The SMILES string of the molecule is CCCN(C)C(C)C(C)CNC(C)(C)C. The van der Waals surface area contributed by atoms with Gasteiger partial charge in [0.1, 0.15) is 0 Å². The Morgan fingerprint density at radius 1 is 1.20 bits per heavy atom. The maximum atomic E-state index is 3.57. The van der Waals surface area contributed by atoms with Gasteiger partial charge in [0, 0.05) is 11.6 Å². The highest BCUT2D eigenvalue weighted by atomic mass is 15.1. The van der Waals surface area contributed by atoms with E-state index in [9.17, 15) is 0 Å². The van der Waals surface area contributed by atoms with E-state index < -0.39 is 0 Å². The van der Waals surface area contributed by atoms with Gasteiger partial charge in [-0.1, -0.05) is 13.8 Å². The number of nitrogens with zero attached hydrogens (tertiary/aromatic N) is 1. The fourth-order valence-electron chi connectivity index (χ4n) is 1.63. The molecule has 0 saturated carbocycles. The number of rotatable bonds is 6. The van der Waals surface area contributed by atoms with E-state index in [1.54, 1.807) is 0 Å². The second-order valence-corrected chi connectivity index (χ2v) is 5.83. The van der Waals surface area contributed by atoms with Gasteiger partial charge in [-0.2, -0.15) is 0 Å². The Labute approximate surface area is 96.4 Å². The highest BCUT2D eigenvalue weighted by Crippen LogP contribution is 2.10. The van der Waals surface area contributed by atoms with Crippen LogP contribution in [0.25, 0.3) is 0 Å². The van der Waals surface area contributed by atoms with E-state index in [0.717, 1.165) is 6.54 Å². The predicted molar refractivity (Wildman–Crippen MR) is 69.3 cm³/mol. The van der Waals surface area contributed by atoms with Crippen molar-refractivity contribution in [3.8, 4) is 0 Å². The van der Waals surface area contributed by atoms with Gasteiger partial charge >= 0.3 is 0 Å². The first-order valence-corrected chi connectivity index (χ1v) is 6.23. The van der Waals surface area contributed by atoms with Crippen LogP contribution >= 0.6 is 0 Å². The third kappa shape index (κ3) is 6.91. The summed E-state index contributed by atoms with van der Waals surface area (Å²) in [6, 6.07) is 0.653. The number of nitrogens with one attached hydrogen (secondary N) is 1. The summed E-state index contributed by atoms with van der Waals surface area (Å²) in [5.41, 5.74) is 0.233. The number of hydrogen-bond donors (Lipinski definition) is 1. The summed E-state index contributed by atoms with van der Waals surface area (Å²) in [7, 11) is 2.22. The molecule has 0 aromatic carbocycles. The molecule has 0 aliphatic heterocycles. The molecule has 0 aromatic heterocycles. The van der Waals surface area contributed by atoms with Crippen LogP contribution in [0.5, 0.6) is 0 Å². The molecule has 2 atom stereocenters. The molecule has 0 amide bonds. The molecule has 2 unspecified atom stereocenters. The van der Waals surface area contributed by atoms with Crippen LogP contribution < -0.4 is 5.32 Å². The summed E-state index contributed by atoms with van der Waals surface area (Å²) < 4.78 is 0. The molecule has 15 heavy (non-hydrogen) atoms. The maximum absolute atomic E-state index is 3.57. The molecule has 1 N–H and O–H groups in total. The van der Waals surface area contributed by atoms with Gasteiger partial charge in [-0.25, -0.2) is 0 Å². The van der Waals surface area contributed by atoms with E-state index in [4.69, 9.17) is 0 Å². The summed E-state index contributed by atoms with van der Waals surface area (Å²) in [6.45, 7) is 15.8. The Balaban J connectivity index is 3.93. The first kappa shape index (κ1) is 14.9. The lowest BCUT2D eigenvalue weighted by Crippen LogP contribution is -2.44. The van der Waals surface area contributed by atoms with Crippen LogP contribution in [0.3, 0.4) is 0 Å². The second kappa shape index (κ2) is 6.49. The van der Waals surface area contributed by atoms with Crippen molar-refractivity contribution in [2.45, 2.75) is 59.5 Å². The third-order valence-electron chi connectivity index (χ3n) is 3.05. The zero-order valence-corrected chi connectivity index (χ0v) is 11.7.